The molecule has 0 radical (unpaired) electrons. The Morgan fingerprint density at radius 1 is 1.15 bits per heavy atom. The highest BCUT2D eigenvalue weighted by molar-refractivity contribution is 5.99. The van der Waals surface area contributed by atoms with Crippen molar-refractivity contribution in [2.75, 3.05) is 20.3 Å². The van der Waals surface area contributed by atoms with Crippen LogP contribution in [0, 0.1) is 0 Å². The number of imidazole rings is 1. The Kier molecular flexibility index (Phi) is 6.96. The minimum Gasteiger partial charge on any atom is -0.497 e. The second-order valence-electron chi connectivity index (χ2n) is 10.3. The fourth-order valence-electron chi connectivity index (χ4n) is 5.87. The quantitative estimate of drug-likeness (QED) is 0.298. The minimum absolute atomic E-state index is 0.0118. The molecule has 2 aromatic carbocycles. The summed E-state index contributed by atoms with van der Waals surface area (Å²) in [5.41, 5.74) is 2.03. The Balaban J connectivity index is 1.48. The molecule has 0 saturated carbocycles. The van der Waals surface area contributed by atoms with Crippen molar-refractivity contribution in [3.8, 4) is 22.6 Å². The van der Waals surface area contributed by atoms with Crippen molar-refractivity contribution in [3.63, 3.8) is 0 Å². The summed E-state index contributed by atoms with van der Waals surface area (Å²) in [7, 11) is 1.59. The van der Waals surface area contributed by atoms with Crippen molar-refractivity contribution in [3.05, 3.63) is 83.2 Å². The third-order valence-electron chi connectivity index (χ3n) is 7.80. The van der Waals surface area contributed by atoms with Gasteiger partial charge in [0.05, 0.1) is 26.1 Å². The molecule has 4 aromatic rings. The number of aromatic nitrogens is 4. The summed E-state index contributed by atoms with van der Waals surface area (Å²) in [4.78, 5) is 20.2. The van der Waals surface area contributed by atoms with Crippen LogP contribution in [-0.4, -0.2) is 50.4 Å². The van der Waals surface area contributed by atoms with Gasteiger partial charge in [0.25, 0.3) is 5.91 Å². The van der Waals surface area contributed by atoms with E-state index in [2.05, 4.69) is 10.1 Å². The van der Waals surface area contributed by atoms with Gasteiger partial charge in [-0.15, -0.1) is 0 Å². The zero-order valence-corrected chi connectivity index (χ0v) is 22.8. The molecule has 11 heteroatoms. The number of alkyl halides is 3. The predicted octanol–water partition coefficient (Wildman–Crippen LogP) is 5.75. The maximum atomic E-state index is 14.3. The lowest BCUT2D eigenvalue weighted by molar-refractivity contribution is -0.141. The highest BCUT2D eigenvalue weighted by Crippen LogP contribution is 2.43. The number of methoxy groups -OCH3 is 1. The van der Waals surface area contributed by atoms with E-state index in [-0.39, 0.29) is 17.5 Å². The van der Waals surface area contributed by atoms with E-state index in [4.69, 9.17) is 9.47 Å². The van der Waals surface area contributed by atoms with Gasteiger partial charge < -0.3 is 18.9 Å². The first-order valence-electron chi connectivity index (χ1n) is 13.6. The number of benzene rings is 2. The van der Waals surface area contributed by atoms with E-state index in [1.54, 1.807) is 38.8 Å². The standard InChI is InChI=1S/C30H30F3N5O3/c1-3-37-17-25(28(35-37)30(31,32)33)22-13-19(16-36-11-9-34-18-36)14-23-21(22)8-10-38(29(23)39)26-5-4-12-41-27-7-6-20(40-2)15-24(26)27/h6-7,9,11,13-15,17-18,26H,3-5,8,10,12,16H2,1-2H3/t26-/m0/s1. The fourth-order valence-corrected chi connectivity index (χ4v) is 5.87. The normalized spacial score (nSPS) is 17.0. The maximum Gasteiger partial charge on any atom is 0.435 e. The number of amides is 1. The average Bonchev–Trinajstić information content (AvgIpc) is 3.59. The molecule has 0 N–H and O–H groups in total. The fraction of sp³-hybridized carbons (Fsp3) is 0.367. The van der Waals surface area contributed by atoms with Gasteiger partial charge in [-0.25, -0.2) is 4.98 Å². The molecule has 2 aliphatic heterocycles. The van der Waals surface area contributed by atoms with Crippen molar-refractivity contribution < 1.29 is 27.4 Å². The summed E-state index contributed by atoms with van der Waals surface area (Å²) in [6.45, 7) is 3.29. The van der Waals surface area contributed by atoms with Gasteiger partial charge in [-0.05, 0) is 73.2 Å². The molecular weight excluding hydrogens is 535 g/mol. The number of hydrogen-bond acceptors (Lipinski definition) is 5. The Morgan fingerprint density at radius 2 is 1.98 bits per heavy atom. The van der Waals surface area contributed by atoms with Crippen LogP contribution in [0.15, 0.2) is 55.2 Å². The molecule has 0 bridgehead atoms. The third kappa shape index (κ3) is 5.05. The second kappa shape index (κ2) is 10.6. The summed E-state index contributed by atoms with van der Waals surface area (Å²) < 4.78 is 57.0. The Morgan fingerprint density at radius 3 is 2.71 bits per heavy atom. The first kappa shape index (κ1) is 26.9. The number of aryl methyl sites for hydroxylation is 1. The molecule has 2 aromatic heterocycles. The van der Waals surface area contributed by atoms with Crippen molar-refractivity contribution in [2.45, 2.75) is 51.5 Å². The third-order valence-corrected chi connectivity index (χ3v) is 7.80. The minimum atomic E-state index is -4.64. The van der Waals surface area contributed by atoms with Gasteiger partial charge in [-0.1, -0.05) is 0 Å². The number of hydrogen-bond donors (Lipinski definition) is 0. The number of nitrogens with zero attached hydrogens (tertiary/aromatic N) is 5. The summed E-state index contributed by atoms with van der Waals surface area (Å²) in [6.07, 6.45) is 3.71. The van der Waals surface area contributed by atoms with Crippen LogP contribution in [0.3, 0.4) is 0 Å². The van der Waals surface area contributed by atoms with Crippen LogP contribution >= 0.6 is 0 Å². The average molecular weight is 566 g/mol. The molecular formula is C30H30F3N5O3. The molecule has 8 nitrogen and oxygen atoms in total. The topological polar surface area (TPSA) is 74.4 Å². The highest BCUT2D eigenvalue weighted by atomic mass is 19.4. The molecule has 0 unspecified atom stereocenters. The number of halogens is 3. The smallest absolute Gasteiger partial charge is 0.435 e. The SMILES string of the molecule is CCn1cc(-c2cc(Cn3ccnc3)cc3c2CCN([C@H]2CCCOc4ccc(OC)cc42)C3=O)c(C(F)(F)F)n1. The first-order chi connectivity index (χ1) is 19.8. The van der Waals surface area contributed by atoms with Crippen LogP contribution in [-0.2, 0) is 25.7 Å². The summed E-state index contributed by atoms with van der Waals surface area (Å²) in [5, 5.41) is 3.85. The van der Waals surface area contributed by atoms with Gasteiger partial charge in [0.2, 0.25) is 0 Å². The van der Waals surface area contributed by atoms with Crippen LogP contribution in [0.2, 0.25) is 0 Å². The number of fused-ring (bicyclic) bond motifs is 2. The lowest BCUT2D eigenvalue weighted by Crippen LogP contribution is -2.40. The molecule has 6 rings (SSSR count). The number of carbonyl (C=O) groups excluding carboxylic acids is 1. The zero-order chi connectivity index (χ0) is 28.7. The maximum absolute atomic E-state index is 14.3. The van der Waals surface area contributed by atoms with Gasteiger partial charge in [-0.3, -0.25) is 9.48 Å². The molecule has 0 spiro atoms. The van der Waals surface area contributed by atoms with Gasteiger partial charge in [0.15, 0.2) is 5.69 Å². The molecule has 2 aliphatic rings. The van der Waals surface area contributed by atoms with Crippen LogP contribution in [0.25, 0.3) is 11.1 Å². The molecule has 41 heavy (non-hydrogen) atoms. The lowest BCUT2D eigenvalue weighted by atomic mass is 9.86. The number of carbonyl (C=O) groups is 1. The molecule has 0 aliphatic carbocycles. The van der Waals surface area contributed by atoms with Gasteiger partial charge in [0, 0.05) is 54.9 Å². The molecule has 0 fully saturated rings. The van der Waals surface area contributed by atoms with Crippen molar-refractivity contribution in [1.82, 2.24) is 24.2 Å². The zero-order valence-electron chi connectivity index (χ0n) is 22.8. The molecule has 4 heterocycles. The molecule has 1 amide bonds. The Hall–Kier alpha value is -4.28. The van der Waals surface area contributed by atoms with E-state index in [1.165, 1.54) is 10.9 Å². The number of rotatable bonds is 6. The molecule has 214 valence electrons. The Labute approximate surface area is 235 Å². The van der Waals surface area contributed by atoms with Gasteiger partial charge >= 0.3 is 6.18 Å². The van der Waals surface area contributed by atoms with Crippen LogP contribution in [0.5, 0.6) is 11.5 Å². The Bertz CT molecular complexity index is 1580. The van der Waals surface area contributed by atoms with Crippen molar-refractivity contribution in [2.24, 2.45) is 0 Å². The molecule has 1 atom stereocenters. The summed E-state index contributed by atoms with van der Waals surface area (Å²) >= 11 is 0. The summed E-state index contributed by atoms with van der Waals surface area (Å²) in [6, 6.07) is 8.91. The van der Waals surface area contributed by atoms with Gasteiger partial charge in [-0.2, -0.15) is 18.3 Å². The predicted molar refractivity (Wildman–Crippen MR) is 145 cm³/mol. The van der Waals surface area contributed by atoms with Crippen molar-refractivity contribution >= 4 is 5.91 Å². The van der Waals surface area contributed by atoms with E-state index in [9.17, 15) is 18.0 Å². The van der Waals surface area contributed by atoms with E-state index >= 15 is 0 Å². The van der Waals surface area contributed by atoms with E-state index in [1.807, 2.05) is 33.7 Å². The van der Waals surface area contributed by atoms with E-state index in [0.29, 0.717) is 72.8 Å². The van der Waals surface area contributed by atoms with Crippen LogP contribution < -0.4 is 9.47 Å². The molecule has 0 saturated heterocycles. The summed E-state index contributed by atoms with van der Waals surface area (Å²) in [5.74, 6) is 1.17. The second-order valence-corrected chi connectivity index (χ2v) is 10.3. The highest BCUT2D eigenvalue weighted by Gasteiger charge is 2.40. The largest absolute Gasteiger partial charge is 0.497 e. The van der Waals surface area contributed by atoms with Crippen LogP contribution in [0.4, 0.5) is 13.2 Å². The van der Waals surface area contributed by atoms with E-state index in [0.717, 1.165) is 12.0 Å². The lowest BCUT2D eigenvalue weighted by Gasteiger charge is -2.36. The van der Waals surface area contributed by atoms with Crippen molar-refractivity contribution in [1.29, 1.82) is 0 Å². The first-order valence-corrected chi connectivity index (χ1v) is 13.6. The number of ether oxygens (including phenoxy) is 2. The monoisotopic (exact) mass is 565 g/mol. The van der Waals surface area contributed by atoms with Crippen LogP contribution in [0.1, 0.15) is 58.5 Å². The van der Waals surface area contributed by atoms with E-state index < -0.39 is 11.9 Å². The van der Waals surface area contributed by atoms with Gasteiger partial charge in [0.1, 0.15) is 11.5 Å².